The van der Waals surface area contributed by atoms with Crippen LogP contribution in [0.1, 0.15) is 6.92 Å². The average molecular weight is 452 g/mol. The van der Waals surface area contributed by atoms with E-state index >= 15 is 0 Å². The monoisotopic (exact) mass is 452 g/mol. The van der Waals surface area contributed by atoms with Gasteiger partial charge in [-0.3, -0.25) is 20.2 Å². The number of hydrogen-bond acceptors (Lipinski definition) is 10. The smallest absolute Gasteiger partial charge is 0.284 e. The minimum Gasteiger partial charge on any atom is -0.496 e. The molecular formula is C21H16N4O8. The molecule has 12 nitrogen and oxygen atoms in total. The van der Waals surface area contributed by atoms with Crippen LogP contribution >= 0.6 is 0 Å². The van der Waals surface area contributed by atoms with Crippen molar-refractivity contribution < 1.29 is 28.2 Å². The highest BCUT2D eigenvalue weighted by atomic mass is 16.6. The van der Waals surface area contributed by atoms with Crippen molar-refractivity contribution in [1.29, 1.82) is 0 Å². The maximum atomic E-state index is 11.1. The van der Waals surface area contributed by atoms with E-state index in [0.29, 0.717) is 29.3 Å². The van der Waals surface area contributed by atoms with Crippen LogP contribution in [0.3, 0.4) is 0 Å². The minimum absolute atomic E-state index is 0.0662. The summed E-state index contributed by atoms with van der Waals surface area (Å²) in [5.41, 5.74) is 0.699. The van der Waals surface area contributed by atoms with Gasteiger partial charge in [0.1, 0.15) is 11.5 Å². The number of non-ortho nitro benzene ring substituents is 2. The summed E-state index contributed by atoms with van der Waals surface area (Å²) in [6.07, 6.45) is 2.84. The maximum Gasteiger partial charge on any atom is 0.284 e. The minimum atomic E-state index is -0.527. The number of aromatic nitrogens is 2. The molecule has 168 valence electrons. The summed E-state index contributed by atoms with van der Waals surface area (Å²) in [5, 5.41) is 22.1. The van der Waals surface area contributed by atoms with E-state index in [4.69, 9.17) is 18.3 Å². The Morgan fingerprint density at radius 2 is 1.33 bits per heavy atom. The highest BCUT2D eigenvalue weighted by Crippen LogP contribution is 2.37. The Hall–Kier alpha value is -4.74. The zero-order chi connectivity index (χ0) is 23.5. The first kappa shape index (κ1) is 21.5. The zero-order valence-electron chi connectivity index (χ0n) is 17.4. The van der Waals surface area contributed by atoms with Gasteiger partial charge in [0, 0.05) is 12.1 Å². The second-order valence-corrected chi connectivity index (χ2v) is 6.57. The molecule has 0 aliphatic rings. The van der Waals surface area contributed by atoms with E-state index in [2.05, 4.69) is 9.97 Å². The first-order chi connectivity index (χ1) is 15.9. The highest BCUT2D eigenvalue weighted by Gasteiger charge is 2.21. The molecule has 0 bridgehead atoms. The van der Waals surface area contributed by atoms with Crippen molar-refractivity contribution in [2.24, 2.45) is 0 Å². The first-order valence-corrected chi connectivity index (χ1v) is 9.57. The first-order valence-electron chi connectivity index (χ1n) is 9.57. The number of hydrogen-bond donors (Lipinski definition) is 0. The molecule has 0 aliphatic carbocycles. The fourth-order valence-electron chi connectivity index (χ4n) is 3.10. The van der Waals surface area contributed by atoms with E-state index in [0.717, 1.165) is 0 Å². The zero-order valence-corrected chi connectivity index (χ0v) is 17.4. The highest BCUT2D eigenvalue weighted by molar-refractivity contribution is 5.70. The van der Waals surface area contributed by atoms with Gasteiger partial charge in [0.05, 0.1) is 59.2 Å². The van der Waals surface area contributed by atoms with Crippen LogP contribution in [-0.2, 0) is 0 Å². The molecule has 4 rings (SSSR count). The van der Waals surface area contributed by atoms with E-state index < -0.39 is 9.85 Å². The van der Waals surface area contributed by atoms with E-state index in [1.807, 2.05) is 0 Å². The molecule has 0 saturated carbocycles. The summed E-state index contributed by atoms with van der Waals surface area (Å²) in [5.74, 6) is 1.25. The van der Waals surface area contributed by atoms with Crippen LogP contribution in [0, 0.1) is 20.2 Å². The van der Waals surface area contributed by atoms with Gasteiger partial charge in [-0.05, 0) is 19.1 Å². The molecule has 0 radical (unpaired) electrons. The van der Waals surface area contributed by atoms with Crippen LogP contribution in [0.5, 0.6) is 11.5 Å². The molecule has 0 N–H and O–H groups in total. The van der Waals surface area contributed by atoms with Crippen LogP contribution in [0.25, 0.3) is 34.4 Å². The van der Waals surface area contributed by atoms with Gasteiger partial charge in [0.2, 0.25) is 0 Å². The molecule has 2 heterocycles. The number of rotatable bonds is 8. The Morgan fingerprint density at radius 3 is 1.79 bits per heavy atom. The van der Waals surface area contributed by atoms with Crippen molar-refractivity contribution in [3.05, 3.63) is 69.0 Å². The third-order valence-corrected chi connectivity index (χ3v) is 4.60. The normalized spacial score (nSPS) is 10.7. The van der Waals surface area contributed by atoms with Crippen LogP contribution in [0.15, 0.2) is 57.6 Å². The lowest BCUT2D eigenvalue weighted by Gasteiger charge is -2.07. The molecule has 2 aromatic carbocycles. The third kappa shape index (κ3) is 4.21. The Kier molecular flexibility index (Phi) is 5.72. The van der Waals surface area contributed by atoms with Gasteiger partial charge >= 0.3 is 0 Å². The molecule has 12 heteroatoms. The lowest BCUT2D eigenvalue weighted by atomic mass is 10.1. The summed E-state index contributed by atoms with van der Waals surface area (Å²) in [4.78, 5) is 29.4. The maximum absolute atomic E-state index is 11.1. The molecule has 0 atom stereocenters. The molecule has 0 fully saturated rings. The lowest BCUT2D eigenvalue weighted by Crippen LogP contribution is -1.96. The summed E-state index contributed by atoms with van der Waals surface area (Å²) in [6.45, 7) is 2.06. The number of nitrogens with zero attached hydrogens (tertiary/aromatic N) is 4. The van der Waals surface area contributed by atoms with E-state index in [1.54, 1.807) is 6.92 Å². The molecule has 0 aliphatic heterocycles. The predicted molar refractivity (Wildman–Crippen MR) is 114 cm³/mol. The lowest BCUT2D eigenvalue weighted by molar-refractivity contribution is -0.385. The standard InChI is InChI=1S/C21H16N4O8/c1-3-31-17-9-13(25(28)29)5-7-15(17)19-11-23-21(33-19)20-22-10-18(32-20)14-6-4-12(24(26)27)8-16(14)30-2/h4-11H,3H2,1-2H3. The van der Waals surface area contributed by atoms with E-state index in [1.165, 1.54) is 55.9 Å². The molecule has 2 aromatic heterocycles. The third-order valence-electron chi connectivity index (χ3n) is 4.60. The fraction of sp³-hybridized carbons (Fsp3) is 0.143. The molecular weight excluding hydrogens is 436 g/mol. The van der Waals surface area contributed by atoms with E-state index in [-0.39, 0.29) is 34.7 Å². The predicted octanol–water partition coefficient (Wildman–Crippen LogP) is 4.89. The van der Waals surface area contributed by atoms with Crippen molar-refractivity contribution in [3.8, 4) is 45.9 Å². The summed E-state index contributed by atoms with van der Waals surface area (Å²) in [7, 11) is 1.39. The fourth-order valence-corrected chi connectivity index (χ4v) is 3.10. The van der Waals surface area contributed by atoms with Crippen molar-refractivity contribution in [3.63, 3.8) is 0 Å². The van der Waals surface area contributed by atoms with Gasteiger partial charge in [-0.2, -0.15) is 0 Å². The van der Waals surface area contributed by atoms with Gasteiger partial charge < -0.3 is 18.3 Å². The second-order valence-electron chi connectivity index (χ2n) is 6.57. The second kappa shape index (κ2) is 8.78. The number of nitro groups is 2. The number of ether oxygens (including phenoxy) is 2. The van der Waals surface area contributed by atoms with Crippen LogP contribution in [0.4, 0.5) is 11.4 Å². The van der Waals surface area contributed by atoms with Gasteiger partial charge in [0.15, 0.2) is 11.5 Å². The number of methoxy groups -OCH3 is 1. The molecule has 0 spiro atoms. The molecule has 0 saturated heterocycles. The number of oxazole rings is 2. The van der Waals surface area contributed by atoms with Crippen molar-refractivity contribution in [1.82, 2.24) is 9.97 Å². The summed E-state index contributed by atoms with van der Waals surface area (Å²) >= 11 is 0. The van der Waals surface area contributed by atoms with Crippen molar-refractivity contribution >= 4 is 11.4 Å². The summed E-state index contributed by atoms with van der Waals surface area (Å²) in [6, 6.07) is 8.26. The van der Waals surface area contributed by atoms with Crippen LogP contribution in [-0.4, -0.2) is 33.5 Å². The molecule has 0 amide bonds. The Morgan fingerprint density at radius 1 is 0.848 bits per heavy atom. The summed E-state index contributed by atoms with van der Waals surface area (Å²) < 4.78 is 22.3. The Labute approximate surface area is 185 Å². The van der Waals surface area contributed by atoms with Crippen LogP contribution < -0.4 is 9.47 Å². The largest absolute Gasteiger partial charge is 0.496 e. The number of nitro benzene ring substituents is 2. The number of benzene rings is 2. The molecule has 4 aromatic rings. The Bertz CT molecular complexity index is 1340. The average Bonchev–Trinajstić information content (AvgIpc) is 3.48. The Balaban J connectivity index is 1.67. The molecule has 0 unspecified atom stereocenters. The van der Waals surface area contributed by atoms with Gasteiger partial charge in [-0.15, -0.1) is 0 Å². The quantitative estimate of drug-likeness (QED) is 0.266. The van der Waals surface area contributed by atoms with Crippen molar-refractivity contribution in [2.75, 3.05) is 13.7 Å². The van der Waals surface area contributed by atoms with Crippen molar-refractivity contribution in [2.45, 2.75) is 6.92 Å². The SMILES string of the molecule is CCOc1cc([N+](=O)[O-])ccc1-c1cnc(-c2ncc(-c3ccc([N+](=O)[O-])cc3OC)o2)o1. The van der Waals surface area contributed by atoms with Gasteiger partial charge in [0.25, 0.3) is 23.2 Å². The molecule has 33 heavy (non-hydrogen) atoms. The van der Waals surface area contributed by atoms with Gasteiger partial charge in [-0.1, -0.05) is 0 Å². The van der Waals surface area contributed by atoms with E-state index in [9.17, 15) is 20.2 Å². The van der Waals surface area contributed by atoms with Crippen LogP contribution in [0.2, 0.25) is 0 Å². The van der Waals surface area contributed by atoms with Gasteiger partial charge in [-0.25, -0.2) is 9.97 Å². The topological polar surface area (TPSA) is 157 Å².